The van der Waals surface area contributed by atoms with E-state index in [2.05, 4.69) is 4.74 Å². The summed E-state index contributed by atoms with van der Waals surface area (Å²) < 4.78 is 43.3. The number of carbonyl (C=O) groups excluding carboxylic acids is 1. The van der Waals surface area contributed by atoms with Gasteiger partial charge in [0.05, 0.1) is 57.7 Å². The molecule has 0 saturated heterocycles. The first kappa shape index (κ1) is 23.1. The van der Waals surface area contributed by atoms with Crippen molar-refractivity contribution in [2.75, 3.05) is 35.5 Å². The maximum atomic E-state index is 12.6. The Morgan fingerprint density at radius 2 is 1.50 bits per heavy atom. The van der Waals surface area contributed by atoms with E-state index in [-0.39, 0.29) is 11.5 Å². The van der Waals surface area contributed by atoms with Crippen LogP contribution in [0.2, 0.25) is 0 Å². The smallest absolute Gasteiger partial charge is 0.496 e. The molecule has 1 unspecified atom stereocenters. The van der Waals surface area contributed by atoms with E-state index >= 15 is 0 Å². The molecule has 30 heavy (non-hydrogen) atoms. The summed E-state index contributed by atoms with van der Waals surface area (Å²) in [6.45, 7) is 0. The Hall–Kier alpha value is -3.20. The van der Waals surface area contributed by atoms with Gasteiger partial charge < -0.3 is 28.4 Å². The molecule has 2 aromatic rings. The van der Waals surface area contributed by atoms with Gasteiger partial charge in [-0.05, 0) is 23.8 Å². The Bertz CT molecular complexity index is 914. The molecule has 9 heteroatoms. The first-order chi connectivity index (χ1) is 14.4. The van der Waals surface area contributed by atoms with Gasteiger partial charge in [-0.3, -0.25) is 4.21 Å². The van der Waals surface area contributed by atoms with Gasteiger partial charge in [0.25, 0.3) is 0 Å². The molecule has 0 aliphatic rings. The van der Waals surface area contributed by atoms with Gasteiger partial charge in [-0.15, -0.1) is 0 Å². The van der Waals surface area contributed by atoms with Gasteiger partial charge in [0.1, 0.15) is 17.2 Å². The molecule has 0 aliphatic carbocycles. The topological polar surface area (TPSA) is 89.5 Å². The molecule has 162 valence electrons. The zero-order valence-electron chi connectivity index (χ0n) is 17.4. The van der Waals surface area contributed by atoms with E-state index in [4.69, 9.17) is 23.7 Å². The van der Waals surface area contributed by atoms with E-state index in [1.807, 2.05) is 0 Å². The zero-order valence-corrected chi connectivity index (χ0v) is 18.2. The van der Waals surface area contributed by atoms with Crippen molar-refractivity contribution < 1.29 is 37.4 Å². The second-order valence-electron chi connectivity index (χ2n) is 5.81. The Balaban J connectivity index is 2.22. The maximum Gasteiger partial charge on any atom is 0.513 e. The average Bonchev–Trinajstić information content (AvgIpc) is 2.77. The maximum absolute atomic E-state index is 12.6. The van der Waals surface area contributed by atoms with E-state index < -0.39 is 17.0 Å². The number of hydrogen-bond donors (Lipinski definition) is 0. The molecule has 0 aromatic heterocycles. The molecule has 0 N–H and O–H groups in total. The van der Waals surface area contributed by atoms with Crippen LogP contribution in [0.1, 0.15) is 11.1 Å². The van der Waals surface area contributed by atoms with Gasteiger partial charge in [0, 0.05) is 17.5 Å². The Kier molecular flexibility index (Phi) is 8.54. The quantitative estimate of drug-likeness (QED) is 0.433. The molecule has 0 saturated carbocycles. The third kappa shape index (κ3) is 5.90. The van der Waals surface area contributed by atoms with Gasteiger partial charge >= 0.3 is 6.16 Å². The van der Waals surface area contributed by atoms with Gasteiger partial charge in [-0.1, -0.05) is 6.07 Å². The SMILES string of the molecule is COC(=O)Oc1cc(CS(=O)/C=C/c2c(OC)cc(OC)cc2OC)ccc1OC. The monoisotopic (exact) mass is 436 g/mol. The van der Waals surface area contributed by atoms with E-state index in [1.54, 1.807) is 43.5 Å². The van der Waals surface area contributed by atoms with Crippen LogP contribution in [0.15, 0.2) is 35.7 Å². The lowest BCUT2D eigenvalue weighted by molar-refractivity contribution is 0.120. The number of ether oxygens (including phenoxy) is 6. The van der Waals surface area contributed by atoms with Crippen molar-refractivity contribution >= 4 is 23.0 Å². The number of benzene rings is 2. The molecule has 1 atom stereocenters. The molecule has 2 rings (SSSR count). The Morgan fingerprint density at radius 3 is 2.03 bits per heavy atom. The second-order valence-corrected chi connectivity index (χ2v) is 7.14. The number of rotatable bonds is 9. The second kappa shape index (κ2) is 11.1. The van der Waals surface area contributed by atoms with Gasteiger partial charge in [-0.25, -0.2) is 4.79 Å². The van der Waals surface area contributed by atoms with Crippen molar-refractivity contribution in [1.29, 1.82) is 0 Å². The van der Waals surface area contributed by atoms with Crippen molar-refractivity contribution in [3.63, 3.8) is 0 Å². The summed E-state index contributed by atoms with van der Waals surface area (Å²) in [5.41, 5.74) is 1.32. The highest BCUT2D eigenvalue weighted by molar-refractivity contribution is 7.87. The minimum atomic E-state index is -1.37. The standard InChI is InChI=1S/C21H24O8S/c1-24-15-11-18(26-3)16(19(12-15)27-4)8-9-30(23)13-14-6-7-17(25-2)20(10-14)29-21(22)28-5/h6-12H,13H2,1-5H3/b9-8+. The summed E-state index contributed by atoms with van der Waals surface area (Å²) in [6.07, 6.45) is 0.799. The molecule has 0 aliphatic heterocycles. The lowest BCUT2D eigenvalue weighted by Crippen LogP contribution is -2.08. The fourth-order valence-corrected chi connectivity index (χ4v) is 3.47. The van der Waals surface area contributed by atoms with Crippen molar-refractivity contribution in [1.82, 2.24) is 0 Å². The molecule has 0 bridgehead atoms. The van der Waals surface area contributed by atoms with Crippen LogP contribution in [0.5, 0.6) is 28.7 Å². The molecule has 2 aromatic carbocycles. The van der Waals surface area contributed by atoms with Crippen LogP contribution in [-0.2, 0) is 21.3 Å². The van der Waals surface area contributed by atoms with Crippen LogP contribution in [0.4, 0.5) is 4.79 Å². The fraction of sp³-hybridized carbons (Fsp3) is 0.286. The van der Waals surface area contributed by atoms with E-state index in [1.165, 1.54) is 33.8 Å². The van der Waals surface area contributed by atoms with Crippen LogP contribution in [0, 0.1) is 0 Å². The van der Waals surface area contributed by atoms with Crippen molar-refractivity contribution in [3.8, 4) is 28.7 Å². The lowest BCUT2D eigenvalue weighted by atomic mass is 10.1. The van der Waals surface area contributed by atoms with Crippen LogP contribution in [-0.4, -0.2) is 45.9 Å². The molecular weight excluding hydrogens is 412 g/mol. The predicted octanol–water partition coefficient (Wildman–Crippen LogP) is 3.79. The summed E-state index contributed by atoms with van der Waals surface area (Å²) in [4.78, 5) is 11.4. The minimum absolute atomic E-state index is 0.182. The van der Waals surface area contributed by atoms with E-state index in [9.17, 15) is 9.00 Å². The zero-order chi connectivity index (χ0) is 22.1. The highest BCUT2D eigenvalue weighted by atomic mass is 32.2. The molecule has 0 amide bonds. The predicted molar refractivity (Wildman–Crippen MR) is 113 cm³/mol. The third-order valence-corrected chi connectivity index (χ3v) is 5.09. The molecule has 0 fully saturated rings. The summed E-state index contributed by atoms with van der Waals surface area (Å²) in [7, 11) is 5.91. The summed E-state index contributed by atoms with van der Waals surface area (Å²) in [5.74, 6) is 2.37. The minimum Gasteiger partial charge on any atom is -0.496 e. The number of carbonyl (C=O) groups is 1. The number of hydrogen-bond acceptors (Lipinski definition) is 8. The number of methoxy groups -OCH3 is 5. The summed E-state index contributed by atoms with van der Waals surface area (Å²) >= 11 is 0. The van der Waals surface area contributed by atoms with Crippen molar-refractivity contribution in [2.45, 2.75) is 5.75 Å². The summed E-state index contributed by atoms with van der Waals surface area (Å²) in [6, 6.07) is 8.37. The lowest BCUT2D eigenvalue weighted by Gasteiger charge is -2.12. The Morgan fingerprint density at radius 1 is 0.867 bits per heavy atom. The van der Waals surface area contributed by atoms with Crippen LogP contribution < -0.4 is 23.7 Å². The van der Waals surface area contributed by atoms with Crippen molar-refractivity contribution in [3.05, 3.63) is 46.9 Å². The highest BCUT2D eigenvalue weighted by Gasteiger charge is 2.13. The molecule has 0 spiro atoms. The average molecular weight is 436 g/mol. The normalized spacial score (nSPS) is 11.6. The van der Waals surface area contributed by atoms with Crippen LogP contribution >= 0.6 is 0 Å². The van der Waals surface area contributed by atoms with Crippen LogP contribution in [0.25, 0.3) is 6.08 Å². The largest absolute Gasteiger partial charge is 0.513 e. The first-order valence-electron chi connectivity index (χ1n) is 8.73. The highest BCUT2D eigenvalue weighted by Crippen LogP contribution is 2.35. The van der Waals surface area contributed by atoms with Crippen LogP contribution in [0.3, 0.4) is 0 Å². The molecule has 8 nitrogen and oxygen atoms in total. The Labute approximate surface area is 177 Å². The van der Waals surface area contributed by atoms with Gasteiger partial charge in [0.15, 0.2) is 11.5 Å². The van der Waals surface area contributed by atoms with E-state index in [0.29, 0.717) is 34.1 Å². The third-order valence-electron chi connectivity index (χ3n) is 4.04. The summed E-state index contributed by atoms with van der Waals surface area (Å²) in [5, 5.41) is 1.54. The fourth-order valence-electron chi connectivity index (χ4n) is 2.58. The molecular formula is C21H24O8S. The molecule has 0 radical (unpaired) electrons. The first-order valence-corrected chi connectivity index (χ1v) is 10.1. The van der Waals surface area contributed by atoms with E-state index in [0.717, 1.165) is 0 Å². The van der Waals surface area contributed by atoms with Gasteiger partial charge in [-0.2, -0.15) is 0 Å². The van der Waals surface area contributed by atoms with Gasteiger partial charge in [0.2, 0.25) is 0 Å². The van der Waals surface area contributed by atoms with Crippen molar-refractivity contribution in [2.24, 2.45) is 0 Å². The molecule has 0 heterocycles.